The lowest BCUT2D eigenvalue weighted by atomic mass is 9.87. The van der Waals surface area contributed by atoms with E-state index in [0.29, 0.717) is 16.5 Å². The van der Waals surface area contributed by atoms with Gasteiger partial charge in [-0.1, -0.05) is 31.4 Å². The Kier molecular flexibility index (Phi) is 4.00. The summed E-state index contributed by atoms with van der Waals surface area (Å²) in [4.78, 5) is 15.9. The highest BCUT2D eigenvalue weighted by atomic mass is 35.5. The molecule has 1 aromatic heterocycles. The molecule has 2 atom stereocenters. The summed E-state index contributed by atoms with van der Waals surface area (Å²) < 4.78 is 0. The van der Waals surface area contributed by atoms with Crippen molar-refractivity contribution >= 4 is 17.5 Å². The van der Waals surface area contributed by atoms with Gasteiger partial charge in [0.25, 0.3) is 5.91 Å². The van der Waals surface area contributed by atoms with Crippen LogP contribution in [0.25, 0.3) is 0 Å². The molecule has 0 radical (unpaired) electrons. The quantitative estimate of drug-likeness (QED) is 0.879. The number of hydrogen-bond donors (Lipinski definition) is 1. The van der Waals surface area contributed by atoms with Crippen LogP contribution in [0.4, 0.5) is 0 Å². The minimum Gasteiger partial charge on any atom is -0.349 e. The number of amides is 1. The zero-order valence-corrected chi connectivity index (χ0v) is 10.7. The Balaban J connectivity index is 1.99. The van der Waals surface area contributed by atoms with Crippen LogP contribution >= 0.6 is 11.6 Å². The highest BCUT2D eigenvalue weighted by molar-refractivity contribution is 6.33. The summed E-state index contributed by atoms with van der Waals surface area (Å²) in [6.07, 6.45) is 7.68. The first kappa shape index (κ1) is 12.4. The summed E-state index contributed by atoms with van der Waals surface area (Å²) in [5.74, 6) is 0.610. The second-order valence-corrected chi connectivity index (χ2v) is 5.20. The van der Waals surface area contributed by atoms with Gasteiger partial charge >= 0.3 is 0 Å². The molecule has 2 unspecified atom stereocenters. The van der Waals surface area contributed by atoms with Gasteiger partial charge in [0.1, 0.15) is 0 Å². The van der Waals surface area contributed by atoms with Crippen molar-refractivity contribution in [3.05, 3.63) is 29.0 Å². The highest BCUT2D eigenvalue weighted by Gasteiger charge is 2.21. The van der Waals surface area contributed by atoms with Crippen LogP contribution in [-0.4, -0.2) is 16.9 Å². The third-order valence-electron chi connectivity index (χ3n) is 3.29. The van der Waals surface area contributed by atoms with Crippen molar-refractivity contribution in [1.29, 1.82) is 0 Å². The van der Waals surface area contributed by atoms with Gasteiger partial charge in [0.05, 0.1) is 10.6 Å². The van der Waals surface area contributed by atoms with Gasteiger partial charge in [-0.2, -0.15) is 0 Å². The number of hydrogen-bond acceptors (Lipinski definition) is 2. The Bertz CT molecular complexity index is 408. The standard InChI is InChI=1S/C13H17ClN2O/c1-9-3-2-4-10(7-9)16-13(17)11-5-6-15-8-12(11)14/h5-6,8-10H,2-4,7H2,1H3,(H,16,17). The fourth-order valence-corrected chi connectivity index (χ4v) is 2.59. The van der Waals surface area contributed by atoms with Gasteiger partial charge < -0.3 is 5.32 Å². The molecular formula is C13H17ClN2O. The molecule has 1 fully saturated rings. The van der Waals surface area contributed by atoms with Crippen LogP contribution in [0.3, 0.4) is 0 Å². The number of halogens is 1. The number of aromatic nitrogens is 1. The Hall–Kier alpha value is -1.09. The zero-order chi connectivity index (χ0) is 12.3. The molecule has 1 saturated carbocycles. The van der Waals surface area contributed by atoms with Gasteiger partial charge in [-0.3, -0.25) is 9.78 Å². The molecule has 0 spiro atoms. The van der Waals surface area contributed by atoms with Crippen molar-refractivity contribution in [2.75, 3.05) is 0 Å². The molecule has 1 aliphatic carbocycles. The number of carbonyl (C=O) groups is 1. The van der Waals surface area contributed by atoms with E-state index in [9.17, 15) is 4.79 Å². The lowest BCUT2D eigenvalue weighted by Crippen LogP contribution is -2.38. The van der Waals surface area contributed by atoms with Crippen LogP contribution in [0.2, 0.25) is 5.02 Å². The molecule has 1 aromatic rings. The SMILES string of the molecule is CC1CCCC(NC(=O)c2ccncc2Cl)C1. The van der Waals surface area contributed by atoms with Gasteiger partial charge in [0.2, 0.25) is 0 Å². The van der Waals surface area contributed by atoms with Crippen LogP contribution in [-0.2, 0) is 0 Å². The first-order valence-electron chi connectivity index (χ1n) is 6.07. The van der Waals surface area contributed by atoms with E-state index in [1.54, 1.807) is 12.3 Å². The first-order valence-corrected chi connectivity index (χ1v) is 6.45. The molecule has 0 aliphatic heterocycles. The third kappa shape index (κ3) is 3.19. The minimum atomic E-state index is -0.0866. The van der Waals surface area contributed by atoms with E-state index in [1.807, 2.05) is 0 Å². The van der Waals surface area contributed by atoms with Gasteiger partial charge in [-0.15, -0.1) is 0 Å². The normalized spacial score (nSPS) is 24.4. The molecule has 2 rings (SSSR count). The third-order valence-corrected chi connectivity index (χ3v) is 3.59. The summed E-state index contributed by atoms with van der Waals surface area (Å²) in [5, 5.41) is 3.47. The van der Waals surface area contributed by atoms with Gasteiger partial charge in [-0.25, -0.2) is 0 Å². The minimum absolute atomic E-state index is 0.0866. The van der Waals surface area contributed by atoms with Crippen molar-refractivity contribution < 1.29 is 4.79 Å². The van der Waals surface area contributed by atoms with Crippen LogP contribution in [0.5, 0.6) is 0 Å². The fourth-order valence-electron chi connectivity index (χ4n) is 2.39. The Morgan fingerprint density at radius 3 is 3.06 bits per heavy atom. The highest BCUT2D eigenvalue weighted by Crippen LogP contribution is 2.24. The van der Waals surface area contributed by atoms with Crippen LogP contribution in [0.1, 0.15) is 43.0 Å². The van der Waals surface area contributed by atoms with E-state index in [1.165, 1.54) is 19.0 Å². The Morgan fingerprint density at radius 2 is 2.35 bits per heavy atom. The zero-order valence-electron chi connectivity index (χ0n) is 9.95. The van der Waals surface area contributed by atoms with Crippen molar-refractivity contribution in [2.45, 2.75) is 38.6 Å². The van der Waals surface area contributed by atoms with Crippen molar-refractivity contribution in [2.24, 2.45) is 5.92 Å². The summed E-state index contributed by atoms with van der Waals surface area (Å²) in [6.45, 7) is 2.23. The smallest absolute Gasteiger partial charge is 0.253 e. The van der Waals surface area contributed by atoms with Crippen LogP contribution < -0.4 is 5.32 Å². The van der Waals surface area contributed by atoms with Crippen molar-refractivity contribution in [1.82, 2.24) is 10.3 Å². The largest absolute Gasteiger partial charge is 0.349 e. The monoisotopic (exact) mass is 252 g/mol. The lowest BCUT2D eigenvalue weighted by molar-refractivity contribution is 0.0921. The van der Waals surface area contributed by atoms with E-state index in [4.69, 9.17) is 11.6 Å². The van der Waals surface area contributed by atoms with Gasteiger partial charge in [0, 0.05) is 18.4 Å². The van der Waals surface area contributed by atoms with Crippen LogP contribution in [0, 0.1) is 5.92 Å². The van der Waals surface area contributed by atoms with E-state index in [2.05, 4.69) is 17.2 Å². The maximum Gasteiger partial charge on any atom is 0.253 e. The Morgan fingerprint density at radius 1 is 1.53 bits per heavy atom. The maximum absolute atomic E-state index is 12.0. The van der Waals surface area contributed by atoms with E-state index >= 15 is 0 Å². The molecule has 1 aliphatic rings. The number of carbonyl (C=O) groups excluding carboxylic acids is 1. The molecule has 1 heterocycles. The van der Waals surface area contributed by atoms with Crippen molar-refractivity contribution in [3.8, 4) is 0 Å². The fraction of sp³-hybridized carbons (Fsp3) is 0.538. The number of nitrogens with one attached hydrogen (secondary N) is 1. The van der Waals surface area contributed by atoms with E-state index < -0.39 is 0 Å². The van der Waals surface area contributed by atoms with Crippen LogP contribution in [0.15, 0.2) is 18.5 Å². The maximum atomic E-state index is 12.0. The number of pyridine rings is 1. The topological polar surface area (TPSA) is 42.0 Å². The van der Waals surface area contributed by atoms with Gasteiger partial charge in [-0.05, 0) is 24.8 Å². The lowest BCUT2D eigenvalue weighted by Gasteiger charge is -2.27. The summed E-state index contributed by atoms with van der Waals surface area (Å²) in [6, 6.07) is 1.94. The summed E-state index contributed by atoms with van der Waals surface area (Å²) >= 11 is 5.94. The molecule has 0 bridgehead atoms. The van der Waals surface area contributed by atoms with Gasteiger partial charge in [0.15, 0.2) is 0 Å². The number of rotatable bonds is 2. The molecule has 4 heteroatoms. The molecule has 92 valence electrons. The molecule has 17 heavy (non-hydrogen) atoms. The number of nitrogens with zero attached hydrogens (tertiary/aromatic N) is 1. The predicted octanol–water partition coefficient (Wildman–Crippen LogP) is 3.04. The van der Waals surface area contributed by atoms with E-state index in [0.717, 1.165) is 12.8 Å². The average Bonchev–Trinajstić information content (AvgIpc) is 2.29. The second kappa shape index (κ2) is 5.50. The second-order valence-electron chi connectivity index (χ2n) is 4.80. The molecule has 0 saturated heterocycles. The van der Waals surface area contributed by atoms with E-state index in [-0.39, 0.29) is 11.9 Å². The molecule has 0 aromatic carbocycles. The molecule has 1 N–H and O–H groups in total. The summed E-state index contributed by atoms with van der Waals surface area (Å²) in [5.41, 5.74) is 0.514. The summed E-state index contributed by atoms with van der Waals surface area (Å²) in [7, 11) is 0. The Labute approximate surface area is 107 Å². The predicted molar refractivity (Wildman–Crippen MR) is 68.1 cm³/mol. The first-order chi connectivity index (χ1) is 8.16. The molecule has 1 amide bonds. The molecule has 3 nitrogen and oxygen atoms in total. The van der Waals surface area contributed by atoms with Crippen molar-refractivity contribution in [3.63, 3.8) is 0 Å². The molecular weight excluding hydrogens is 236 g/mol. The average molecular weight is 253 g/mol.